The number of nitrogens with zero attached hydrogens (tertiary/aromatic N) is 1. The first kappa shape index (κ1) is 17.2. The summed E-state index contributed by atoms with van der Waals surface area (Å²) in [5.41, 5.74) is 1.38. The molecule has 0 saturated carbocycles. The van der Waals surface area contributed by atoms with E-state index in [-0.39, 0.29) is 18.2 Å². The van der Waals surface area contributed by atoms with Crippen molar-refractivity contribution in [3.8, 4) is 5.75 Å². The predicted octanol–water partition coefficient (Wildman–Crippen LogP) is 2.81. The van der Waals surface area contributed by atoms with E-state index in [9.17, 15) is 23.1 Å². The number of amides is 1. The van der Waals surface area contributed by atoms with Crippen LogP contribution >= 0.6 is 11.5 Å². The molecular formula is C14H13F3N2O3S. The van der Waals surface area contributed by atoms with Crippen molar-refractivity contribution in [2.24, 2.45) is 0 Å². The molecule has 0 aliphatic heterocycles. The van der Waals surface area contributed by atoms with Gasteiger partial charge in [0.15, 0.2) is 0 Å². The molecule has 23 heavy (non-hydrogen) atoms. The molecule has 0 saturated heterocycles. The van der Waals surface area contributed by atoms with Crippen LogP contribution in [-0.2, 0) is 0 Å². The van der Waals surface area contributed by atoms with Crippen molar-refractivity contribution in [2.75, 3.05) is 6.54 Å². The minimum Gasteiger partial charge on any atom is -0.406 e. The van der Waals surface area contributed by atoms with E-state index in [1.165, 1.54) is 12.1 Å². The smallest absolute Gasteiger partial charge is 0.406 e. The van der Waals surface area contributed by atoms with Crippen LogP contribution in [0, 0.1) is 6.92 Å². The first-order valence-corrected chi connectivity index (χ1v) is 7.33. The molecule has 124 valence electrons. The van der Waals surface area contributed by atoms with Crippen LogP contribution in [0.5, 0.6) is 5.75 Å². The molecule has 0 spiro atoms. The lowest BCUT2D eigenvalue weighted by Crippen LogP contribution is -2.28. The van der Waals surface area contributed by atoms with E-state index in [4.69, 9.17) is 0 Å². The van der Waals surface area contributed by atoms with Crippen LogP contribution in [0.25, 0.3) is 0 Å². The minimum absolute atomic E-state index is 0.0758. The molecule has 0 bridgehead atoms. The number of aliphatic hydroxyl groups is 1. The zero-order valence-electron chi connectivity index (χ0n) is 11.9. The fraction of sp³-hybridized carbons (Fsp3) is 0.286. The number of carbonyl (C=O) groups excluding carboxylic acids is 1. The third-order valence-electron chi connectivity index (χ3n) is 2.95. The number of alkyl halides is 3. The number of rotatable bonds is 5. The van der Waals surface area contributed by atoms with Gasteiger partial charge in [-0.3, -0.25) is 4.79 Å². The normalized spacial score (nSPS) is 12.7. The van der Waals surface area contributed by atoms with Crippen LogP contribution in [0.3, 0.4) is 0 Å². The van der Waals surface area contributed by atoms with Gasteiger partial charge in [-0.05, 0) is 36.2 Å². The summed E-state index contributed by atoms with van der Waals surface area (Å²) in [5, 5.41) is 14.1. The molecule has 0 fully saturated rings. The van der Waals surface area contributed by atoms with Crippen LogP contribution in [0.4, 0.5) is 13.2 Å². The van der Waals surface area contributed by atoms with Gasteiger partial charge < -0.3 is 15.2 Å². The summed E-state index contributed by atoms with van der Waals surface area (Å²) in [7, 11) is 0. The summed E-state index contributed by atoms with van der Waals surface area (Å²) in [4.78, 5) is 11.9. The van der Waals surface area contributed by atoms with Crippen molar-refractivity contribution in [2.45, 2.75) is 19.4 Å². The Bertz CT molecular complexity index is 671. The molecule has 2 N–H and O–H groups in total. The van der Waals surface area contributed by atoms with Gasteiger partial charge in [0, 0.05) is 11.9 Å². The second-order valence-electron chi connectivity index (χ2n) is 4.66. The molecule has 0 radical (unpaired) electrons. The number of hydrogen-bond acceptors (Lipinski definition) is 5. The van der Waals surface area contributed by atoms with Crippen LogP contribution < -0.4 is 10.1 Å². The Labute approximate surface area is 133 Å². The maximum absolute atomic E-state index is 12.1. The number of ether oxygens (including phenoxy) is 1. The van der Waals surface area contributed by atoms with Gasteiger partial charge in [0.1, 0.15) is 5.75 Å². The minimum atomic E-state index is -4.76. The van der Waals surface area contributed by atoms with Crippen LogP contribution in [0.15, 0.2) is 29.6 Å². The van der Waals surface area contributed by atoms with Gasteiger partial charge >= 0.3 is 6.36 Å². The highest BCUT2D eigenvalue weighted by atomic mass is 32.1. The number of halogens is 3. The predicted molar refractivity (Wildman–Crippen MR) is 77.3 cm³/mol. The number of benzene rings is 1. The standard InChI is InChI=1S/C14H13F3N2O3S/c1-8-11(7-23-19-8)13(21)18-6-12(20)9-2-4-10(5-3-9)22-14(15,16)17/h2-5,7,12,20H,6H2,1H3,(H,18,21). The monoisotopic (exact) mass is 346 g/mol. The maximum atomic E-state index is 12.1. The molecule has 1 atom stereocenters. The topological polar surface area (TPSA) is 71.5 Å². The van der Waals surface area contributed by atoms with E-state index in [1.807, 2.05) is 0 Å². The van der Waals surface area contributed by atoms with Gasteiger partial charge in [-0.2, -0.15) is 4.37 Å². The molecule has 9 heteroatoms. The van der Waals surface area contributed by atoms with Crippen LogP contribution in [0.1, 0.15) is 27.7 Å². The lowest BCUT2D eigenvalue weighted by atomic mass is 10.1. The number of hydrogen-bond donors (Lipinski definition) is 2. The molecule has 2 rings (SSSR count). The van der Waals surface area contributed by atoms with Crippen LogP contribution in [0.2, 0.25) is 0 Å². The van der Waals surface area contributed by atoms with Gasteiger partial charge in [-0.1, -0.05) is 12.1 Å². The second-order valence-corrected chi connectivity index (χ2v) is 5.29. The first-order valence-electron chi connectivity index (χ1n) is 6.49. The number of carbonyl (C=O) groups is 1. The average molecular weight is 346 g/mol. The molecule has 1 aromatic heterocycles. The van der Waals surface area contributed by atoms with Crippen molar-refractivity contribution >= 4 is 17.4 Å². The number of aromatic nitrogens is 1. The number of aryl methyl sites for hydroxylation is 1. The fourth-order valence-electron chi connectivity index (χ4n) is 1.80. The Morgan fingerprint density at radius 2 is 2.04 bits per heavy atom. The average Bonchev–Trinajstić information content (AvgIpc) is 2.90. The van der Waals surface area contributed by atoms with Gasteiger partial charge in [0.25, 0.3) is 5.91 Å². The van der Waals surface area contributed by atoms with Gasteiger partial charge in [-0.25, -0.2) is 0 Å². The summed E-state index contributed by atoms with van der Waals surface area (Å²) in [5.74, 6) is -0.746. The Balaban J connectivity index is 1.92. The van der Waals surface area contributed by atoms with E-state index in [0.717, 1.165) is 23.7 Å². The van der Waals surface area contributed by atoms with E-state index >= 15 is 0 Å². The van der Waals surface area contributed by atoms with Crippen molar-refractivity contribution < 1.29 is 27.8 Å². The first-order chi connectivity index (χ1) is 10.8. The highest BCUT2D eigenvalue weighted by Gasteiger charge is 2.31. The molecule has 2 aromatic rings. The largest absolute Gasteiger partial charge is 0.573 e. The zero-order valence-corrected chi connectivity index (χ0v) is 12.7. The third kappa shape index (κ3) is 4.93. The fourth-order valence-corrected chi connectivity index (χ4v) is 2.50. The highest BCUT2D eigenvalue weighted by molar-refractivity contribution is 7.03. The summed E-state index contributed by atoms with van der Waals surface area (Å²) < 4.78 is 43.9. The molecule has 0 aliphatic carbocycles. The lowest BCUT2D eigenvalue weighted by Gasteiger charge is -2.13. The van der Waals surface area contributed by atoms with Gasteiger partial charge in [0.05, 0.1) is 17.4 Å². The Morgan fingerprint density at radius 3 is 2.57 bits per heavy atom. The number of nitrogens with one attached hydrogen (secondary N) is 1. The van der Waals surface area contributed by atoms with E-state index in [1.54, 1.807) is 12.3 Å². The second kappa shape index (κ2) is 6.97. The molecule has 1 unspecified atom stereocenters. The van der Waals surface area contributed by atoms with Crippen molar-refractivity contribution in [3.63, 3.8) is 0 Å². The molecule has 5 nitrogen and oxygen atoms in total. The molecule has 1 amide bonds. The Hall–Kier alpha value is -2.13. The lowest BCUT2D eigenvalue weighted by molar-refractivity contribution is -0.274. The van der Waals surface area contributed by atoms with Crippen molar-refractivity contribution in [1.29, 1.82) is 0 Å². The van der Waals surface area contributed by atoms with Crippen molar-refractivity contribution in [1.82, 2.24) is 9.69 Å². The van der Waals surface area contributed by atoms with Gasteiger partial charge in [-0.15, -0.1) is 13.2 Å². The summed E-state index contributed by atoms with van der Waals surface area (Å²) >= 11 is 1.15. The zero-order chi connectivity index (χ0) is 17.0. The number of aliphatic hydroxyl groups excluding tert-OH is 1. The Morgan fingerprint density at radius 1 is 1.39 bits per heavy atom. The molecule has 1 heterocycles. The molecule has 0 aliphatic rings. The van der Waals surface area contributed by atoms with E-state index < -0.39 is 12.5 Å². The molecule has 1 aromatic carbocycles. The summed E-state index contributed by atoms with van der Waals surface area (Å²) in [6.45, 7) is 1.62. The Kier molecular flexibility index (Phi) is 5.22. The quantitative estimate of drug-likeness (QED) is 0.873. The van der Waals surface area contributed by atoms with Crippen LogP contribution in [-0.4, -0.2) is 28.3 Å². The maximum Gasteiger partial charge on any atom is 0.573 e. The SMILES string of the molecule is Cc1nscc1C(=O)NCC(O)c1ccc(OC(F)(F)F)cc1. The highest BCUT2D eigenvalue weighted by Crippen LogP contribution is 2.24. The van der Waals surface area contributed by atoms with E-state index in [0.29, 0.717) is 16.8 Å². The van der Waals surface area contributed by atoms with Crippen molar-refractivity contribution in [3.05, 3.63) is 46.5 Å². The third-order valence-corrected chi connectivity index (χ3v) is 3.67. The van der Waals surface area contributed by atoms with Gasteiger partial charge in [0.2, 0.25) is 0 Å². The summed E-state index contributed by atoms with van der Waals surface area (Å²) in [6.07, 6.45) is -5.81. The summed E-state index contributed by atoms with van der Waals surface area (Å²) in [6, 6.07) is 4.80. The molecular weight excluding hydrogens is 333 g/mol. The van der Waals surface area contributed by atoms with E-state index in [2.05, 4.69) is 14.4 Å².